The van der Waals surface area contributed by atoms with Crippen molar-refractivity contribution in [3.05, 3.63) is 51.5 Å². The molecule has 1 atom stereocenters. The van der Waals surface area contributed by atoms with E-state index in [9.17, 15) is 9.59 Å². The molecular weight excluding hydrogens is 384 g/mol. The molecule has 0 radical (unpaired) electrons. The van der Waals surface area contributed by atoms with E-state index in [1.165, 1.54) is 4.88 Å². The fraction of sp³-hybridized carbons (Fsp3) is 0.409. The number of amides is 2. The predicted molar refractivity (Wildman–Crippen MR) is 115 cm³/mol. The van der Waals surface area contributed by atoms with Crippen LogP contribution in [0.4, 0.5) is 0 Å². The molecule has 1 aromatic carbocycles. The maximum Gasteiger partial charge on any atom is 0.263 e. The van der Waals surface area contributed by atoms with E-state index in [1.54, 1.807) is 30.3 Å². The Kier molecular flexibility index (Phi) is 5.41. The van der Waals surface area contributed by atoms with Crippen molar-refractivity contribution in [2.45, 2.75) is 25.7 Å². The summed E-state index contributed by atoms with van der Waals surface area (Å²) in [4.78, 5) is 33.2. The first-order valence-electron chi connectivity index (χ1n) is 9.95. The van der Waals surface area contributed by atoms with Gasteiger partial charge >= 0.3 is 0 Å². The molecule has 0 saturated heterocycles. The van der Waals surface area contributed by atoms with Gasteiger partial charge in [-0.15, -0.1) is 11.3 Å². The van der Waals surface area contributed by atoms with Gasteiger partial charge in [-0.2, -0.15) is 0 Å². The lowest BCUT2D eigenvalue weighted by Crippen LogP contribution is -2.35. The Balaban J connectivity index is 1.35. The molecular formula is C22H26N4O2S. The Labute approximate surface area is 174 Å². The molecule has 1 N–H and O–H groups in total. The minimum Gasteiger partial charge on any atom is -0.355 e. The lowest BCUT2D eigenvalue weighted by Gasteiger charge is -2.21. The van der Waals surface area contributed by atoms with Crippen molar-refractivity contribution in [3.63, 3.8) is 0 Å². The van der Waals surface area contributed by atoms with Gasteiger partial charge < -0.3 is 14.8 Å². The number of fused-ring (bicyclic) bond motifs is 2. The van der Waals surface area contributed by atoms with E-state index in [4.69, 9.17) is 0 Å². The van der Waals surface area contributed by atoms with Crippen LogP contribution in [0.25, 0.3) is 11.0 Å². The fourth-order valence-electron chi connectivity index (χ4n) is 3.93. The van der Waals surface area contributed by atoms with Crippen molar-refractivity contribution in [1.82, 2.24) is 19.8 Å². The number of nitrogens with one attached hydrogen (secondary N) is 1. The first-order chi connectivity index (χ1) is 13.9. The summed E-state index contributed by atoms with van der Waals surface area (Å²) < 4.78 is 2.09. The molecule has 0 bridgehead atoms. The number of carbonyl (C=O) groups is 2. The van der Waals surface area contributed by atoms with Gasteiger partial charge in [0, 0.05) is 44.9 Å². The normalized spacial score (nSPS) is 15.9. The van der Waals surface area contributed by atoms with Crippen LogP contribution < -0.4 is 5.32 Å². The Bertz CT molecular complexity index is 1070. The van der Waals surface area contributed by atoms with Crippen LogP contribution >= 0.6 is 11.3 Å². The van der Waals surface area contributed by atoms with E-state index in [2.05, 4.69) is 20.9 Å². The third kappa shape index (κ3) is 3.92. The van der Waals surface area contributed by atoms with Crippen LogP contribution in [0.1, 0.15) is 32.4 Å². The number of para-hydroxylation sites is 2. The Hall–Kier alpha value is -2.67. The highest BCUT2D eigenvalue weighted by Gasteiger charge is 2.27. The number of hydrogen-bond donors (Lipinski definition) is 1. The van der Waals surface area contributed by atoms with Crippen molar-refractivity contribution in [3.8, 4) is 0 Å². The predicted octanol–water partition coefficient (Wildman–Crippen LogP) is 2.80. The summed E-state index contributed by atoms with van der Waals surface area (Å²) in [5.41, 5.74) is 3.24. The Morgan fingerprint density at radius 3 is 2.86 bits per heavy atom. The number of thiophene rings is 1. The highest BCUT2D eigenvalue weighted by Crippen LogP contribution is 2.33. The molecule has 152 valence electrons. The van der Waals surface area contributed by atoms with Gasteiger partial charge in [0.2, 0.25) is 5.91 Å². The summed E-state index contributed by atoms with van der Waals surface area (Å²) in [5, 5.41) is 3.09. The van der Waals surface area contributed by atoms with Gasteiger partial charge in [0.1, 0.15) is 5.82 Å². The summed E-state index contributed by atoms with van der Waals surface area (Å²) in [6, 6.07) is 10.0. The summed E-state index contributed by atoms with van der Waals surface area (Å²) in [6.45, 7) is 0.577. The maximum atomic E-state index is 12.7. The number of rotatable bonds is 5. The first-order valence-corrected chi connectivity index (χ1v) is 10.8. The third-order valence-electron chi connectivity index (χ3n) is 5.60. The number of nitrogens with zero attached hydrogens (tertiary/aromatic N) is 3. The molecule has 2 heterocycles. The molecule has 29 heavy (non-hydrogen) atoms. The lowest BCUT2D eigenvalue weighted by atomic mass is 9.87. The largest absolute Gasteiger partial charge is 0.355 e. The smallest absolute Gasteiger partial charge is 0.263 e. The average molecular weight is 411 g/mol. The van der Waals surface area contributed by atoms with Crippen LogP contribution in [0, 0.1) is 5.92 Å². The molecule has 0 spiro atoms. The van der Waals surface area contributed by atoms with Gasteiger partial charge in [0.15, 0.2) is 0 Å². The fourth-order valence-corrected chi connectivity index (χ4v) is 5.16. The second-order valence-corrected chi connectivity index (χ2v) is 8.95. The van der Waals surface area contributed by atoms with Crippen molar-refractivity contribution in [1.29, 1.82) is 0 Å². The van der Waals surface area contributed by atoms with Crippen molar-refractivity contribution >= 4 is 34.2 Å². The molecule has 1 aliphatic rings. The molecule has 0 unspecified atom stereocenters. The van der Waals surface area contributed by atoms with Crippen LogP contribution in [-0.2, 0) is 31.1 Å². The second kappa shape index (κ2) is 7.99. The van der Waals surface area contributed by atoms with Gasteiger partial charge in [-0.3, -0.25) is 9.59 Å². The van der Waals surface area contributed by atoms with Gasteiger partial charge in [0.05, 0.1) is 15.9 Å². The first kappa shape index (κ1) is 19.6. The summed E-state index contributed by atoms with van der Waals surface area (Å²) in [6.07, 6.45) is 3.12. The van der Waals surface area contributed by atoms with Crippen LogP contribution in [0.5, 0.6) is 0 Å². The van der Waals surface area contributed by atoms with E-state index in [0.717, 1.165) is 40.1 Å². The second-order valence-electron chi connectivity index (χ2n) is 7.82. The molecule has 6 nitrogen and oxygen atoms in total. The summed E-state index contributed by atoms with van der Waals surface area (Å²) in [7, 11) is 5.54. The van der Waals surface area contributed by atoms with Gasteiger partial charge in [0.25, 0.3) is 5.91 Å². The highest BCUT2D eigenvalue weighted by atomic mass is 32.1. The molecule has 0 fully saturated rings. The molecule has 2 aromatic heterocycles. The van der Waals surface area contributed by atoms with Crippen molar-refractivity contribution in [2.24, 2.45) is 13.0 Å². The quantitative estimate of drug-likeness (QED) is 0.703. The summed E-state index contributed by atoms with van der Waals surface area (Å²) >= 11 is 1.57. The standard InChI is InChI=1S/C22H26N4O2S/c1-25(2)22(28)19-13-15-12-14(8-9-18(15)29-19)21(27)23-11-10-20-24-16-6-4-5-7-17(16)26(20)3/h4-7,13-14H,8-12H2,1-3H3,(H,23,27)/t14-/m0/s1. The monoisotopic (exact) mass is 410 g/mol. The zero-order chi connectivity index (χ0) is 20.5. The van der Waals surface area contributed by atoms with E-state index >= 15 is 0 Å². The van der Waals surface area contributed by atoms with E-state index in [-0.39, 0.29) is 17.7 Å². The third-order valence-corrected chi connectivity index (χ3v) is 6.82. The molecule has 0 aliphatic heterocycles. The van der Waals surface area contributed by atoms with Gasteiger partial charge in [-0.05, 0) is 43.0 Å². The number of aromatic nitrogens is 2. The number of carbonyl (C=O) groups excluding carboxylic acids is 2. The molecule has 0 saturated carbocycles. The molecule has 7 heteroatoms. The number of benzene rings is 1. The lowest BCUT2D eigenvalue weighted by molar-refractivity contribution is -0.125. The van der Waals surface area contributed by atoms with Crippen LogP contribution in [0.2, 0.25) is 0 Å². The molecule has 4 rings (SSSR count). The Morgan fingerprint density at radius 1 is 1.31 bits per heavy atom. The van der Waals surface area contributed by atoms with E-state index in [1.807, 2.05) is 31.3 Å². The zero-order valence-corrected chi connectivity index (χ0v) is 17.9. The zero-order valence-electron chi connectivity index (χ0n) is 17.1. The SMILES string of the molecule is CN(C)C(=O)c1cc2c(s1)CC[C@H](C(=O)NCCc1nc3ccccc3n1C)C2. The minimum atomic E-state index is -0.0279. The van der Waals surface area contributed by atoms with E-state index < -0.39 is 0 Å². The van der Waals surface area contributed by atoms with Crippen LogP contribution in [0.3, 0.4) is 0 Å². The van der Waals surface area contributed by atoms with E-state index in [0.29, 0.717) is 19.4 Å². The van der Waals surface area contributed by atoms with Gasteiger partial charge in [-0.25, -0.2) is 4.98 Å². The number of imidazole rings is 1. The average Bonchev–Trinajstić information content (AvgIpc) is 3.28. The number of aryl methyl sites for hydroxylation is 2. The Morgan fingerprint density at radius 2 is 2.10 bits per heavy atom. The minimum absolute atomic E-state index is 0.0279. The van der Waals surface area contributed by atoms with Crippen LogP contribution in [-0.4, -0.2) is 46.9 Å². The number of hydrogen-bond acceptors (Lipinski definition) is 4. The topological polar surface area (TPSA) is 67.2 Å². The van der Waals surface area contributed by atoms with Crippen molar-refractivity contribution < 1.29 is 9.59 Å². The summed E-state index contributed by atoms with van der Waals surface area (Å²) in [5.74, 6) is 1.08. The maximum absolute atomic E-state index is 12.7. The van der Waals surface area contributed by atoms with Crippen molar-refractivity contribution in [2.75, 3.05) is 20.6 Å². The molecule has 3 aromatic rings. The molecule has 1 aliphatic carbocycles. The van der Waals surface area contributed by atoms with Crippen LogP contribution in [0.15, 0.2) is 30.3 Å². The highest BCUT2D eigenvalue weighted by molar-refractivity contribution is 7.14. The molecule has 2 amide bonds. The van der Waals surface area contributed by atoms with Gasteiger partial charge in [-0.1, -0.05) is 12.1 Å².